The average Bonchev–Trinajstić information content (AvgIpc) is 2.66. The number of nitrogens with one attached hydrogen (secondary N) is 1. The van der Waals surface area contributed by atoms with Crippen LogP contribution < -0.4 is 10.2 Å². The van der Waals surface area contributed by atoms with Crippen LogP contribution in [0.1, 0.15) is 42.7 Å². The van der Waals surface area contributed by atoms with Gasteiger partial charge < -0.3 is 15.2 Å². The van der Waals surface area contributed by atoms with Gasteiger partial charge >= 0.3 is 5.97 Å². The van der Waals surface area contributed by atoms with Crippen molar-refractivity contribution in [2.24, 2.45) is 5.92 Å². The number of amides is 1. The Morgan fingerprint density at radius 1 is 1.30 bits per heavy atom. The minimum atomic E-state index is -0.996. The summed E-state index contributed by atoms with van der Waals surface area (Å²) in [6.45, 7) is 5.28. The van der Waals surface area contributed by atoms with Crippen LogP contribution in [-0.2, 0) is 9.53 Å². The van der Waals surface area contributed by atoms with Gasteiger partial charge in [0.1, 0.15) is 12.0 Å². The number of rotatable bonds is 4. The normalized spacial score (nSPS) is 21.3. The van der Waals surface area contributed by atoms with Crippen LogP contribution in [0, 0.1) is 5.92 Å². The maximum atomic E-state index is 12.2. The first-order chi connectivity index (χ1) is 12.9. The smallest absolute Gasteiger partial charge is 0.338 e. The highest BCUT2D eigenvalue weighted by Crippen LogP contribution is 2.42. The quantitative estimate of drug-likeness (QED) is 0.805. The predicted molar refractivity (Wildman–Crippen MR) is 101 cm³/mol. The van der Waals surface area contributed by atoms with Gasteiger partial charge in [-0.2, -0.15) is 0 Å². The van der Waals surface area contributed by atoms with Crippen LogP contribution in [0.5, 0.6) is 0 Å². The highest BCUT2D eigenvalue weighted by Gasteiger charge is 2.40. The maximum absolute atomic E-state index is 12.2. The summed E-state index contributed by atoms with van der Waals surface area (Å²) in [5, 5.41) is 14.0. The fourth-order valence-corrected chi connectivity index (χ4v) is 3.37. The second-order valence-electron chi connectivity index (χ2n) is 6.49. The van der Waals surface area contributed by atoms with E-state index in [1.807, 2.05) is 25.1 Å². The molecule has 1 aromatic heterocycles. The Labute approximate surface area is 158 Å². The number of esters is 1. The minimum Gasteiger partial charge on any atom is -0.462 e. The number of aromatic nitrogens is 1. The molecule has 2 heterocycles. The summed E-state index contributed by atoms with van der Waals surface area (Å²) >= 11 is 0. The molecule has 7 heteroatoms. The zero-order valence-corrected chi connectivity index (χ0v) is 15.5. The molecule has 0 aliphatic carbocycles. The summed E-state index contributed by atoms with van der Waals surface area (Å²) in [5.41, 5.74) is 1.70. The van der Waals surface area contributed by atoms with Gasteiger partial charge in [0.2, 0.25) is 5.91 Å². The molecule has 1 amide bonds. The second kappa shape index (κ2) is 7.75. The standard InChI is InChI=1S/C20H23N3O4/c1-4-27-20(26)14-8-9-16-15(11-14)18(22-17-7-5-6-10-21-17)12(2)19(25)23(16)13(3)24/h5-12,18-19,25H,4H2,1-3H3,(H,21,22)/t12-,18-,19+/m1/s1. The zero-order valence-electron chi connectivity index (χ0n) is 15.5. The van der Waals surface area contributed by atoms with E-state index in [9.17, 15) is 14.7 Å². The Balaban J connectivity index is 2.08. The summed E-state index contributed by atoms with van der Waals surface area (Å²) < 4.78 is 5.09. The molecule has 2 aromatic rings. The summed E-state index contributed by atoms with van der Waals surface area (Å²) in [6.07, 6.45) is 0.675. The third-order valence-electron chi connectivity index (χ3n) is 4.70. The lowest BCUT2D eigenvalue weighted by atomic mass is 9.85. The Morgan fingerprint density at radius 2 is 2.07 bits per heavy atom. The molecule has 0 saturated carbocycles. The van der Waals surface area contributed by atoms with E-state index >= 15 is 0 Å². The number of nitrogens with zero attached hydrogens (tertiary/aromatic N) is 2. The van der Waals surface area contributed by atoms with Crippen LogP contribution in [0.25, 0.3) is 0 Å². The van der Waals surface area contributed by atoms with Gasteiger partial charge in [-0.05, 0) is 42.8 Å². The molecule has 2 N–H and O–H groups in total. The van der Waals surface area contributed by atoms with Crippen molar-refractivity contribution in [3.05, 3.63) is 53.7 Å². The van der Waals surface area contributed by atoms with Crippen LogP contribution in [0.3, 0.4) is 0 Å². The summed E-state index contributed by atoms with van der Waals surface area (Å²) in [7, 11) is 0. The fraction of sp³-hybridized carbons (Fsp3) is 0.350. The maximum Gasteiger partial charge on any atom is 0.338 e. The van der Waals surface area contributed by atoms with Crippen molar-refractivity contribution >= 4 is 23.4 Å². The van der Waals surface area contributed by atoms with E-state index in [0.717, 1.165) is 5.56 Å². The SMILES string of the molecule is CCOC(=O)c1ccc2c(c1)[C@H](Nc1ccccn1)[C@@H](C)[C@H](O)N2C(C)=O. The first-order valence-electron chi connectivity index (χ1n) is 8.90. The van der Waals surface area contributed by atoms with Crippen LogP contribution in [0.15, 0.2) is 42.6 Å². The van der Waals surface area contributed by atoms with Crippen molar-refractivity contribution < 1.29 is 19.4 Å². The van der Waals surface area contributed by atoms with Crippen LogP contribution in [-0.4, -0.2) is 34.8 Å². The van der Waals surface area contributed by atoms with Crippen molar-refractivity contribution in [3.8, 4) is 0 Å². The molecule has 0 bridgehead atoms. The largest absolute Gasteiger partial charge is 0.462 e. The van der Waals surface area contributed by atoms with Gasteiger partial charge in [-0.1, -0.05) is 13.0 Å². The van der Waals surface area contributed by atoms with E-state index < -0.39 is 12.2 Å². The zero-order chi connectivity index (χ0) is 19.6. The van der Waals surface area contributed by atoms with Gasteiger partial charge in [0, 0.05) is 19.0 Å². The second-order valence-corrected chi connectivity index (χ2v) is 6.49. The minimum absolute atomic E-state index is 0.268. The number of hydrogen-bond acceptors (Lipinski definition) is 6. The number of fused-ring (bicyclic) bond motifs is 1. The third kappa shape index (κ3) is 3.64. The number of aliphatic hydroxyl groups is 1. The molecule has 0 radical (unpaired) electrons. The van der Waals surface area contributed by atoms with E-state index in [4.69, 9.17) is 4.74 Å². The van der Waals surface area contributed by atoms with Gasteiger partial charge in [-0.15, -0.1) is 0 Å². The molecule has 27 heavy (non-hydrogen) atoms. The fourth-order valence-electron chi connectivity index (χ4n) is 3.37. The molecule has 142 valence electrons. The Kier molecular flexibility index (Phi) is 5.41. The van der Waals surface area contributed by atoms with Crippen molar-refractivity contribution in [1.29, 1.82) is 0 Å². The van der Waals surface area contributed by atoms with E-state index in [1.54, 1.807) is 31.3 Å². The Bertz CT molecular complexity index is 840. The van der Waals surface area contributed by atoms with Crippen molar-refractivity contribution in [2.45, 2.75) is 33.0 Å². The molecule has 0 spiro atoms. The number of carbonyl (C=O) groups excluding carboxylic acids is 2. The van der Waals surface area contributed by atoms with Crippen LogP contribution in [0.2, 0.25) is 0 Å². The number of anilines is 2. The van der Waals surface area contributed by atoms with E-state index in [2.05, 4.69) is 10.3 Å². The predicted octanol–water partition coefficient (Wildman–Crippen LogP) is 2.73. The van der Waals surface area contributed by atoms with Gasteiger partial charge in [0.05, 0.1) is 23.9 Å². The molecule has 1 aromatic carbocycles. The van der Waals surface area contributed by atoms with Crippen LogP contribution >= 0.6 is 0 Å². The van der Waals surface area contributed by atoms with Gasteiger partial charge in [-0.3, -0.25) is 9.69 Å². The van der Waals surface area contributed by atoms with Crippen LogP contribution in [0.4, 0.5) is 11.5 Å². The monoisotopic (exact) mass is 369 g/mol. The number of aliphatic hydroxyl groups excluding tert-OH is 1. The van der Waals surface area contributed by atoms with Crippen molar-refractivity contribution in [3.63, 3.8) is 0 Å². The molecule has 7 nitrogen and oxygen atoms in total. The van der Waals surface area contributed by atoms with E-state index in [1.165, 1.54) is 11.8 Å². The molecule has 0 fully saturated rings. The molecular formula is C20H23N3O4. The summed E-state index contributed by atoms with van der Waals surface area (Å²) in [5.74, 6) is -0.382. The van der Waals surface area contributed by atoms with Gasteiger partial charge in [0.25, 0.3) is 0 Å². The lowest BCUT2D eigenvalue weighted by molar-refractivity contribution is -0.119. The first kappa shape index (κ1) is 18.8. The molecule has 0 unspecified atom stereocenters. The molecule has 3 rings (SSSR count). The summed E-state index contributed by atoms with van der Waals surface area (Å²) in [6, 6.07) is 10.1. The Hall–Kier alpha value is -2.93. The molecule has 1 aliphatic rings. The molecule has 0 saturated heterocycles. The molecule has 3 atom stereocenters. The highest BCUT2D eigenvalue weighted by atomic mass is 16.5. The van der Waals surface area contributed by atoms with E-state index in [-0.39, 0.29) is 24.5 Å². The lowest BCUT2D eigenvalue weighted by Gasteiger charge is -2.42. The Morgan fingerprint density at radius 3 is 2.70 bits per heavy atom. The highest BCUT2D eigenvalue weighted by molar-refractivity contribution is 5.96. The lowest BCUT2D eigenvalue weighted by Crippen LogP contribution is -2.50. The number of benzene rings is 1. The average molecular weight is 369 g/mol. The third-order valence-corrected chi connectivity index (χ3v) is 4.70. The van der Waals surface area contributed by atoms with E-state index in [0.29, 0.717) is 17.1 Å². The summed E-state index contributed by atoms with van der Waals surface area (Å²) in [4.78, 5) is 30.0. The molecule has 1 aliphatic heterocycles. The van der Waals surface area contributed by atoms with Crippen molar-refractivity contribution in [2.75, 3.05) is 16.8 Å². The number of carbonyl (C=O) groups is 2. The topological polar surface area (TPSA) is 91.8 Å². The van der Waals surface area contributed by atoms with Gasteiger partial charge in [0.15, 0.2) is 0 Å². The first-order valence-corrected chi connectivity index (χ1v) is 8.90. The van der Waals surface area contributed by atoms with Crippen molar-refractivity contribution in [1.82, 2.24) is 4.98 Å². The number of hydrogen-bond donors (Lipinski definition) is 2. The van der Waals surface area contributed by atoms with Gasteiger partial charge in [-0.25, -0.2) is 9.78 Å². The molecular weight excluding hydrogens is 346 g/mol. The number of ether oxygens (including phenoxy) is 1. The number of pyridine rings is 1.